The molecule has 100 valence electrons. The van der Waals surface area contributed by atoms with Crippen LogP contribution < -0.4 is 5.32 Å². The zero-order valence-corrected chi connectivity index (χ0v) is 12.1. The number of hydrogen-bond donors (Lipinski definition) is 1. The van der Waals surface area contributed by atoms with Crippen LogP contribution >= 0.6 is 11.3 Å². The second-order valence-corrected chi connectivity index (χ2v) is 6.62. The lowest BCUT2D eigenvalue weighted by Gasteiger charge is -2.42. The van der Waals surface area contributed by atoms with E-state index in [0.29, 0.717) is 12.1 Å². The molecule has 1 N–H and O–H groups in total. The maximum Gasteiger partial charge on any atom is 0.110 e. The first-order chi connectivity index (χ1) is 8.79. The average Bonchev–Trinajstić information content (AvgIpc) is 3.09. The van der Waals surface area contributed by atoms with Crippen molar-refractivity contribution in [3.8, 4) is 0 Å². The van der Waals surface area contributed by atoms with Gasteiger partial charge in [0, 0.05) is 36.8 Å². The first-order valence-electron chi connectivity index (χ1n) is 7.18. The number of hydrogen-bond acceptors (Lipinski definition) is 4. The second kappa shape index (κ2) is 5.27. The van der Waals surface area contributed by atoms with E-state index >= 15 is 0 Å². The molecule has 18 heavy (non-hydrogen) atoms. The Bertz CT molecular complexity index is 374. The minimum absolute atomic E-state index is 0.517. The van der Waals surface area contributed by atoms with E-state index in [2.05, 4.69) is 34.4 Å². The summed E-state index contributed by atoms with van der Waals surface area (Å²) in [6, 6.07) is 1.85. The summed E-state index contributed by atoms with van der Waals surface area (Å²) in [5.74, 6) is 0.939. The van der Waals surface area contributed by atoms with Gasteiger partial charge < -0.3 is 5.32 Å². The molecule has 0 spiro atoms. The van der Waals surface area contributed by atoms with Gasteiger partial charge in [-0.05, 0) is 32.1 Å². The van der Waals surface area contributed by atoms with Gasteiger partial charge in [0.1, 0.15) is 5.01 Å². The predicted octanol–water partition coefficient (Wildman–Crippen LogP) is 2.67. The van der Waals surface area contributed by atoms with E-state index in [1.165, 1.54) is 24.4 Å². The molecule has 2 heterocycles. The summed E-state index contributed by atoms with van der Waals surface area (Å²) in [5.41, 5.74) is 0. The molecule has 2 aliphatic rings. The standard InChI is InChI=1S/C14H23N3S/c1-3-13(14-15-6-7-18-14)17-9-12(11-4-5-11)16-8-10(17)2/h6-7,10-13,16H,3-5,8-9H2,1-2H3. The second-order valence-electron chi connectivity index (χ2n) is 5.69. The topological polar surface area (TPSA) is 28.2 Å². The normalized spacial score (nSPS) is 31.4. The van der Waals surface area contributed by atoms with Gasteiger partial charge in [0.05, 0.1) is 6.04 Å². The number of piperazine rings is 1. The van der Waals surface area contributed by atoms with Crippen LogP contribution in [0.25, 0.3) is 0 Å². The van der Waals surface area contributed by atoms with Gasteiger partial charge in [0.2, 0.25) is 0 Å². The van der Waals surface area contributed by atoms with Gasteiger partial charge in [-0.3, -0.25) is 4.90 Å². The summed E-state index contributed by atoms with van der Waals surface area (Å²) in [7, 11) is 0. The Morgan fingerprint density at radius 3 is 3.00 bits per heavy atom. The van der Waals surface area contributed by atoms with Gasteiger partial charge in [0.25, 0.3) is 0 Å². The minimum Gasteiger partial charge on any atom is -0.311 e. The monoisotopic (exact) mass is 265 g/mol. The molecule has 3 atom stereocenters. The van der Waals surface area contributed by atoms with Crippen molar-refractivity contribution in [1.29, 1.82) is 0 Å². The Morgan fingerprint density at radius 2 is 2.39 bits per heavy atom. The fourth-order valence-corrected chi connectivity index (χ4v) is 3.95. The van der Waals surface area contributed by atoms with Crippen LogP contribution in [0.5, 0.6) is 0 Å². The van der Waals surface area contributed by atoms with Crippen LogP contribution in [0.4, 0.5) is 0 Å². The van der Waals surface area contributed by atoms with Crippen LogP contribution in [-0.4, -0.2) is 35.1 Å². The Balaban J connectivity index is 1.74. The molecule has 1 aromatic heterocycles. The Morgan fingerprint density at radius 1 is 1.56 bits per heavy atom. The van der Waals surface area contributed by atoms with Gasteiger partial charge in [-0.15, -0.1) is 11.3 Å². The van der Waals surface area contributed by atoms with E-state index in [9.17, 15) is 0 Å². The van der Waals surface area contributed by atoms with Gasteiger partial charge in [-0.2, -0.15) is 0 Å². The molecule has 1 aliphatic heterocycles. The fraction of sp³-hybridized carbons (Fsp3) is 0.786. The summed E-state index contributed by atoms with van der Waals surface area (Å²) >= 11 is 1.80. The fourth-order valence-electron chi connectivity index (χ4n) is 3.11. The molecular weight excluding hydrogens is 242 g/mol. The summed E-state index contributed by atoms with van der Waals surface area (Å²) in [6.07, 6.45) is 5.95. The zero-order chi connectivity index (χ0) is 12.5. The van der Waals surface area contributed by atoms with Crippen LogP contribution in [-0.2, 0) is 0 Å². The third kappa shape index (κ3) is 2.46. The molecule has 0 aromatic carbocycles. The third-order valence-corrected chi connectivity index (χ3v) is 5.24. The van der Waals surface area contributed by atoms with Crippen molar-refractivity contribution in [3.05, 3.63) is 16.6 Å². The van der Waals surface area contributed by atoms with Crippen molar-refractivity contribution in [2.24, 2.45) is 5.92 Å². The largest absolute Gasteiger partial charge is 0.311 e. The maximum atomic E-state index is 4.54. The summed E-state index contributed by atoms with van der Waals surface area (Å²) in [5, 5.41) is 7.12. The molecule has 1 saturated heterocycles. The average molecular weight is 265 g/mol. The lowest BCUT2D eigenvalue weighted by Crippen LogP contribution is -2.56. The van der Waals surface area contributed by atoms with E-state index in [1.54, 1.807) is 11.3 Å². The van der Waals surface area contributed by atoms with Crippen LogP contribution in [0.1, 0.15) is 44.2 Å². The van der Waals surface area contributed by atoms with Crippen molar-refractivity contribution in [2.75, 3.05) is 13.1 Å². The lowest BCUT2D eigenvalue weighted by atomic mass is 10.0. The molecule has 0 radical (unpaired) electrons. The van der Waals surface area contributed by atoms with Crippen molar-refractivity contribution in [3.63, 3.8) is 0 Å². The molecular formula is C14H23N3S. The van der Waals surface area contributed by atoms with Gasteiger partial charge in [0.15, 0.2) is 0 Å². The molecule has 3 rings (SSSR count). The predicted molar refractivity (Wildman–Crippen MR) is 75.8 cm³/mol. The van der Waals surface area contributed by atoms with Gasteiger partial charge in [-0.25, -0.2) is 4.98 Å². The molecule has 0 bridgehead atoms. The Kier molecular flexibility index (Phi) is 3.68. The van der Waals surface area contributed by atoms with Crippen molar-refractivity contribution in [2.45, 2.75) is 51.2 Å². The van der Waals surface area contributed by atoms with Crippen molar-refractivity contribution < 1.29 is 0 Å². The molecule has 3 unspecified atom stereocenters. The van der Waals surface area contributed by atoms with Crippen LogP contribution in [0.2, 0.25) is 0 Å². The highest BCUT2D eigenvalue weighted by Gasteiger charge is 2.38. The third-order valence-electron chi connectivity index (χ3n) is 4.36. The quantitative estimate of drug-likeness (QED) is 0.907. The van der Waals surface area contributed by atoms with E-state index in [-0.39, 0.29) is 0 Å². The SMILES string of the molecule is CCC(c1nccs1)N1CC(C2CC2)NCC1C. The summed E-state index contributed by atoms with van der Waals surface area (Å²) in [4.78, 5) is 7.22. The highest BCUT2D eigenvalue weighted by Crippen LogP contribution is 2.37. The first kappa shape index (κ1) is 12.6. The Hall–Kier alpha value is -0.450. The maximum absolute atomic E-state index is 4.54. The number of thiazole rings is 1. The van der Waals surface area contributed by atoms with E-state index < -0.39 is 0 Å². The smallest absolute Gasteiger partial charge is 0.110 e. The minimum atomic E-state index is 0.517. The highest BCUT2D eigenvalue weighted by atomic mass is 32.1. The van der Waals surface area contributed by atoms with Crippen LogP contribution in [0, 0.1) is 5.92 Å². The number of nitrogens with zero attached hydrogens (tertiary/aromatic N) is 2. The molecule has 1 aromatic rings. The van der Waals surface area contributed by atoms with E-state index in [1.807, 2.05) is 6.20 Å². The number of nitrogens with one attached hydrogen (secondary N) is 1. The molecule has 4 heteroatoms. The molecule has 1 aliphatic carbocycles. The lowest BCUT2D eigenvalue weighted by molar-refractivity contribution is 0.0819. The van der Waals surface area contributed by atoms with Gasteiger partial charge >= 0.3 is 0 Å². The molecule has 1 saturated carbocycles. The molecule has 2 fully saturated rings. The highest BCUT2D eigenvalue weighted by molar-refractivity contribution is 7.09. The summed E-state index contributed by atoms with van der Waals surface area (Å²) < 4.78 is 0. The van der Waals surface area contributed by atoms with E-state index in [0.717, 1.165) is 24.9 Å². The van der Waals surface area contributed by atoms with Crippen LogP contribution in [0.3, 0.4) is 0 Å². The van der Waals surface area contributed by atoms with Crippen molar-refractivity contribution in [1.82, 2.24) is 15.2 Å². The van der Waals surface area contributed by atoms with Crippen LogP contribution in [0.15, 0.2) is 11.6 Å². The molecule has 0 amide bonds. The Labute approximate surface area is 114 Å². The van der Waals surface area contributed by atoms with Gasteiger partial charge in [-0.1, -0.05) is 6.92 Å². The summed E-state index contributed by atoms with van der Waals surface area (Å²) in [6.45, 7) is 6.95. The zero-order valence-electron chi connectivity index (χ0n) is 11.3. The molecule has 3 nitrogen and oxygen atoms in total. The first-order valence-corrected chi connectivity index (χ1v) is 8.06. The van der Waals surface area contributed by atoms with Crippen molar-refractivity contribution >= 4 is 11.3 Å². The number of rotatable bonds is 4. The number of aromatic nitrogens is 1. The van der Waals surface area contributed by atoms with E-state index in [4.69, 9.17) is 0 Å².